The Morgan fingerprint density at radius 1 is 1.14 bits per heavy atom. The molecule has 4 nitrogen and oxygen atoms in total. The molecule has 0 aliphatic rings. The highest BCUT2D eigenvalue weighted by atomic mass is 35.5. The van der Waals surface area contributed by atoms with Gasteiger partial charge in [0.15, 0.2) is 11.5 Å². The van der Waals surface area contributed by atoms with Crippen molar-refractivity contribution in [1.82, 2.24) is 10.3 Å². The van der Waals surface area contributed by atoms with Crippen LogP contribution in [0.4, 0.5) is 0 Å². The number of pyridine rings is 1. The molecule has 0 aliphatic heterocycles. The zero-order valence-electron chi connectivity index (χ0n) is 13.1. The number of rotatable bonds is 7. The molecule has 0 fully saturated rings. The fraction of sp³-hybridized carbons (Fsp3) is 0.353. The average molecular weight is 321 g/mol. The Morgan fingerprint density at radius 3 is 2.55 bits per heavy atom. The largest absolute Gasteiger partial charge is 0.493 e. The Balaban J connectivity index is 2.02. The summed E-state index contributed by atoms with van der Waals surface area (Å²) in [4.78, 5) is 4.03. The van der Waals surface area contributed by atoms with Crippen molar-refractivity contribution < 1.29 is 9.47 Å². The molecular weight excluding hydrogens is 300 g/mol. The van der Waals surface area contributed by atoms with Gasteiger partial charge in [0.1, 0.15) is 11.8 Å². The van der Waals surface area contributed by atoms with Gasteiger partial charge in [-0.15, -0.1) is 0 Å². The third kappa shape index (κ3) is 4.90. The Bertz CT molecular complexity index is 600. The Kier molecular flexibility index (Phi) is 6.04. The molecule has 2 rings (SSSR count). The van der Waals surface area contributed by atoms with E-state index in [0.29, 0.717) is 23.6 Å². The molecule has 1 heterocycles. The molecule has 118 valence electrons. The summed E-state index contributed by atoms with van der Waals surface area (Å²) in [5, 5.41) is 3.85. The minimum Gasteiger partial charge on any atom is -0.493 e. The third-order valence-corrected chi connectivity index (χ3v) is 3.35. The van der Waals surface area contributed by atoms with Crippen LogP contribution in [0.2, 0.25) is 5.15 Å². The fourth-order valence-electron chi connectivity index (χ4n) is 1.92. The molecule has 0 amide bonds. The highest BCUT2D eigenvalue weighted by Gasteiger charge is 2.07. The van der Waals surface area contributed by atoms with Crippen molar-refractivity contribution in [3.63, 3.8) is 0 Å². The maximum absolute atomic E-state index is 5.81. The topological polar surface area (TPSA) is 43.4 Å². The van der Waals surface area contributed by atoms with Gasteiger partial charge in [0, 0.05) is 24.3 Å². The SMILES string of the molecule is COc1cc(CNC(C)C)ccc1OCc1ccc(Cl)nc1. The minimum absolute atomic E-state index is 0.421. The fourth-order valence-corrected chi connectivity index (χ4v) is 2.03. The quantitative estimate of drug-likeness (QED) is 0.788. The van der Waals surface area contributed by atoms with Crippen molar-refractivity contribution in [1.29, 1.82) is 0 Å². The molecule has 0 unspecified atom stereocenters. The second-order valence-electron chi connectivity index (χ2n) is 5.30. The second kappa shape index (κ2) is 8.01. The summed E-state index contributed by atoms with van der Waals surface area (Å²) in [6, 6.07) is 10.0. The number of ether oxygens (including phenoxy) is 2. The van der Waals surface area contributed by atoms with Gasteiger partial charge in [-0.3, -0.25) is 0 Å². The van der Waals surface area contributed by atoms with Crippen molar-refractivity contribution >= 4 is 11.6 Å². The van der Waals surface area contributed by atoms with Crippen molar-refractivity contribution in [3.05, 3.63) is 52.8 Å². The number of halogens is 1. The molecule has 2 aromatic rings. The van der Waals surface area contributed by atoms with E-state index < -0.39 is 0 Å². The molecule has 0 spiro atoms. The molecule has 0 saturated carbocycles. The van der Waals surface area contributed by atoms with Crippen molar-refractivity contribution in [3.8, 4) is 11.5 Å². The molecule has 1 N–H and O–H groups in total. The van der Waals surface area contributed by atoms with Gasteiger partial charge in [-0.25, -0.2) is 4.98 Å². The molecule has 5 heteroatoms. The molecule has 22 heavy (non-hydrogen) atoms. The maximum Gasteiger partial charge on any atom is 0.161 e. The third-order valence-electron chi connectivity index (χ3n) is 3.13. The lowest BCUT2D eigenvalue weighted by molar-refractivity contribution is 0.284. The molecule has 0 saturated heterocycles. The number of benzene rings is 1. The van der Waals surface area contributed by atoms with Crippen LogP contribution in [0.5, 0.6) is 11.5 Å². The predicted octanol–water partition coefficient (Wildman–Crippen LogP) is 3.82. The van der Waals surface area contributed by atoms with Crippen molar-refractivity contribution in [2.24, 2.45) is 0 Å². The van der Waals surface area contributed by atoms with Crippen LogP contribution in [0, 0.1) is 0 Å². The van der Waals surface area contributed by atoms with E-state index in [1.54, 1.807) is 19.4 Å². The van der Waals surface area contributed by atoms with E-state index in [4.69, 9.17) is 21.1 Å². The summed E-state index contributed by atoms with van der Waals surface area (Å²) in [6.07, 6.45) is 1.70. The van der Waals surface area contributed by atoms with Gasteiger partial charge in [0.25, 0.3) is 0 Å². The zero-order valence-corrected chi connectivity index (χ0v) is 13.9. The molecule has 0 aliphatic carbocycles. The molecule has 0 radical (unpaired) electrons. The van der Waals surface area contributed by atoms with E-state index in [2.05, 4.69) is 24.1 Å². The van der Waals surface area contributed by atoms with E-state index >= 15 is 0 Å². The van der Waals surface area contributed by atoms with E-state index in [1.807, 2.05) is 24.3 Å². The van der Waals surface area contributed by atoms with Gasteiger partial charge < -0.3 is 14.8 Å². The first-order chi connectivity index (χ1) is 10.6. The first-order valence-corrected chi connectivity index (χ1v) is 7.60. The first kappa shape index (κ1) is 16.6. The summed E-state index contributed by atoms with van der Waals surface area (Å²) < 4.78 is 11.2. The lowest BCUT2D eigenvalue weighted by Gasteiger charge is -2.13. The van der Waals surface area contributed by atoms with Crippen LogP contribution in [0.3, 0.4) is 0 Å². The van der Waals surface area contributed by atoms with Crippen LogP contribution in [0.15, 0.2) is 36.5 Å². The lowest BCUT2D eigenvalue weighted by atomic mass is 10.2. The van der Waals surface area contributed by atoms with Gasteiger partial charge in [-0.1, -0.05) is 37.6 Å². The second-order valence-corrected chi connectivity index (χ2v) is 5.69. The van der Waals surface area contributed by atoms with Gasteiger partial charge in [0.05, 0.1) is 7.11 Å². The molecule has 1 aromatic carbocycles. The van der Waals surface area contributed by atoms with Crippen LogP contribution in [-0.4, -0.2) is 18.1 Å². The van der Waals surface area contributed by atoms with Crippen LogP contribution in [-0.2, 0) is 13.2 Å². The highest BCUT2D eigenvalue weighted by molar-refractivity contribution is 6.29. The summed E-state index contributed by atoms with van der Waals surface area (Å²) in [5.41, 5.74) is 2.11. The van der Waals surface area contributed by atoms with E-state index in [9.17, 15) is 0 Å². The summed E-state index contributed by atoms with van der Waals surface area (Å²) in [5.74, 6) is 1.44. The number of nitrogens with one attached hydrogen (secondary N) is 1. The summed E-state index contributed by atoms with van der Waals surface area (Å²) in [7, 11) is 1.64. The van der Waals surface area contributed by atoms with E-state index in [1.165, 1.54) is 0 Å². The number of hydrogen-bond donors (Lipinski definition) is 1. The van der Waals surface area contributed by atoms with Gasteiger partial charge >= 0.3 is 0 Å². The van der Waals surface area contributed by atoms with Gasteiger partial charge in [0.2, 0.25) is 0 Å². The average Bonchev–Trinajstić information content (AvgIpc) is 2.52. The monoisotopic (exact) mass is 320 g/mol. The van der Waals surface area contributed by atoms with Crippen LogP contribution in [0.25, 0.3) is 0 Å². The molecule has 0 bridgehead atoms. The van der Waals surface area contributed by atoms with Crippen molar-refractivity contribution in [2.45, 2.75) is 33.0 Å². The Labute approximate surface area is 136 Å². The standard InChI is InChI=1S/C17H21ClN2O2/c1-12(2)19-9-13-4-6-15(16(8-13)21-3)22-11-14-5-7-17(18)20-10-14/h4-8,10,12,19H,9,11H2,1-3H3. The molecule has 0 atom stereocenters. The number of aromatic nitrogens is 1. The van der Waals surface area contributed by atoms with Crippen LogP contribution >= 0.6 is 11.6 Å². The van der Waals surface area contributed by atoms with Crippen LogP contribution < -0.4 is 14.8 Å². The van der Waals surface area contributed by atoms with E-state index in [0.717, 1.165) is 23.4 Å². The minimum atomic E-state index is 0.421. The summed E-state index contributed by atoms with van der Waals surface area (Å²) in [6.45, 7) is 5.46. The van der Waals surface area contributed by atoms with Crippen molar-refractivity contribution in [2.75, 3.05) is 7.11 Å². The number of nitrogens with zero attached hydrogens (tertiary/aromatic N) is 1. The molecular formula is C17H21ClN2O2. The number of methoxy groups -OCH3 is 1. The first-order valence-electron chi connectivity index (χ1n) is 7.22. The zero-order chi connectivity index (χ0) is 15.9. The lowest BCUT2D eigenvalue weighted by Crippen LogP contribution is -2.21. The summed E-state index contributed by atoms with van der Waals surface area (Å²) >= 11 is 5.77. The normalized spacial score (nSPS) is 10.8. The Morgan fingerprint density at radius 2 is 1.91 bits per heavy atom. The van der Waals surface area contributed by atoms with Crippen LogP contribution in [0.1, 0.15) is 25.0 Å². The van der Waals surface area contributed by atoms with Gasteiger partial charge in [-0.2, -0.15) is 0 Å². The highest BCUT2D eigenvalue weighted by Crippen LogP contribution is 2.28. The smallest absolute Gasteiger partial charge is 0.161 e. The molecule has 1 aromatic heterocycles. The maximum atomic E-state index is 5.81. The Hall–Kier alpha value is -1.78. The van der Waals surface area contributed by atoms with E-state index in [-0.39, 0.29) is 0 Å². The number of hydrogen-bond acceptors (Lipinski definition) is 4. The predicted molar refractivity (Wildman–Crippen MR) is 88.5 cm³/mol. The van der Waals surface area contributed by atoms with Gasteiger partial charge in [-0.05, 0) is 23.8 Å².